The molecular weight excluding hydrogens is 917 g/mol. The lowest BCUT2D eigenvalue weighted by atomic mass is 9.89. The maximum absolute atomic E-state index is 14.8. The van der Waals surface area contributed by atoms with Gasteiger partial charge in [-0.25, -0.2) is 9.78 Å². The van der Waals surface area contributed by atoms with Crippen molar-refractivity contribution in [3.8, 4) is 11.1 Å². The van der Waals surface area contributed by atoms with Crippen molar-refractivity contribution in [2.24, 2.45) is 17.8 Å². The first-order chi connectivity index (χ1) is 34.2. The van der Waals surface area contributed by atoms with E-state index in [0.717, 1.165) is 52.1 Å². The largest absolute Gasteiger partial charge is 0.449 e. The number of nitrogens with zero attached hydrogens (tertiary/aromatic N) is 3. The van der Waals surface area contributed by atoms with Gasteiger partial charge in [0, 0.05) is 45.3 Å². The van der Waals surface area contributed by atoms with Crippen molar-refractivity contribution in [3.63, 3.8) is 0 Å². The van der Waals surface area contributed by atoms with E-state index in [1.165, 1.54) is 11.3 Å². The van der Waals surface area contributed by atoms with Crippen molar-refractivity contribution >= 4 is 41.1 Å². The van der Waals surface area contributed by atoms with Gasteiger partial charge in [0.05, 0.1) is 42.7 Å². The summed E-state index contributed by atoms with van der Waals surface area (Å²) in [6.07, 6.45) is 4.76. The van der Waals surface area contributed by atoms with Crippen molar-refractivity contribution in [2.75, 3.05) is 34.4 Å². The summed E-state index contributed by atoms with van der Waals surface area (Å²) < 4.78 is 18.1. The van der Waals surface area contributed by atoms with Crippen LogP contribution in [0.2, 0.25) is 0 Å². The molecule has 71 heavy (non-hydrogen) atoms. The molecule has 3 aliphatic rings. The zero-order chi connectivity index (χ0) is 50.8. The van der Waals surface area contributed by atoms with Gasteiger partial charge in [-0.1, -0.05) is 133 Å². The molecule has 1 saturated carbocycles. The van der Waals surface area contributed by atoms with Gasteiger partial charge in [0.25, 0.3) is 0 Å². The predicted octanol–water partition coefficient (Wildman–Crippen LogP) is 8.46. The van der Waals surface area contributed by atoms with Crippen LogP contribution in [0.3, 0.4) is 0 Å². The van der Waals surface area contributed by atoms with Crippen LogP contribution in [-0.4, -0.2) is 115 Å². The van der Waals surface area contributed by atoms with E-state index in [1.54, 1.807) is 32.4 Å². The van der Waals surface area contributed by atoms with E-state index < -0.39 is 47.7 Å². The van der Waals surface area contributed by atoms with Crippen LogP contribution in [0.5, 0.6) is 0 Å². The molecule has 5 amide bonds. The van der Waals surface area contributed by atoms with Crippen molar-refractivity contribution in [1.29, 1.82) is 0 Å². The number of alkyl carbamates (subject to hydrolysis) is 1. The number of carbonyl (C=O) groups excluding carboxylic acids is 5. The second-order valence-electron chi connectivity index (χ2n) is 20.1. The fourth-order valence-corrected chi connectivity index (χ4v) is 12.0. The molecule has 0 spiro atoms. The molecule has 3 N–H and O–H groups in total. The summed E-state index contributed by atoms with van der Waals surface area (Å²) in [6, 6.07) is 24.1. The summed E-state index contributed by atoms with van der Waals surface area (Å²) >= 11 is 1.50. The quantitative estimate of drug-likeness (QED) is 0.0700. The molecule has 4 aromatic rings. The van der Waals surface area contributed by atoms with Crippen molar-refractivity contribution in [3.05, 3.63) is 112 Å². The highest BCUT2D eigenvalue weighted by Crippen LogP contribution is 2.44. The minimum atomic E-state index is -1.25. The lowest BCUT2D eigenvalue weighted by Gasteiger charge is -2.41. The second-order valence-corrected chi connectivity index (χ2v) is 21.1. The lowest BCUT2D eigenvalue weighted by Crippen LogP contribution is -2.63. The highest BCUT2D eigenvalue weighted by atomic mass is 32.1. The third-order valence-corrected chi connectivity index (χ3v) is 16.3. The zero-order valence-corrected chi connectivity index (χ0v) is 43.5. The van der Waals surface area contributed by atoms with E-state index in [9.17, 15) is 24.0 Å². The summed E-state index contributed by atoms with van der Waals surface area (Å²) in [7, 11) is 4.87. The van der Waals surface area contributed by atoms with Crippen LogP contribution in [0.25, 0.3) is 11.1 Å². The first-order valence-corrected chi connectivity index (χ1v) is 26.4. The molecule has 1 aliphatic heterocycles. The average Bonchev–Trinajstić information content (AvgIpc) is 4.23. The third-order valence-electron chi connectivity index (χ3n) is 15.4. The van der Waals surface area contributed by atoms with Crippen molar-refractivity contribution in [2.45, 2.75) is 140 Å². The number of benzene rings is 3. The van der Waals surface area contributed by atoms with Crippen LogP contribution in [0.1, 0.15) is 120 Å². The summed E-state index contributed by atoms with van der Waals surface area (Å²) in [4.78, 5) is 79.5. The van der Waals surface area contributed by atoms with Gasteiger partial charge in [-0.15, -0.1) is 11.3 Å². The summed E-state index contributed by atoms with van der Waals surface area (Å²) in [5.41, 5.74) is 4.26. The Morgan fingerprint density at radius 3 is 2.10 bits per heavy atom. The lowest BCUT2D eigenvalue weighted by molar-refractivity contribution is -0.148. The number of thiazole rings is 1. The standard InChI is InChI=1S/C56H74N6O8S/c1-9-36(4)49(46(68-7)33-47(63)62-30-19-26-45(62)50(69-8)37(5)51(64)58-44(52-57-29-31-71-52)32-38-20-11-10-12-21-38)61(6)53(65)48(35(2)3)59-54(66)56(27-17-18-28-56)60-55(67)70-34-43-41-24-15-13-22-39(41)40-23-14-16-25-42(40)43/h10-16,20-25,29,31,35-37,43-46,48-50H,9,17-19,26-28,30,32-34H2,1-8H3,(H,58,64)(H,59,66)(H,60,67)/t36-,37+,44-,45-,46+,48-,49-,50+/m0/s1. The fraction of sp³-hybridized carbons (Fsp3) is 0.536. The average molecular weight is 991 g/mol. The Balaban J connectivity index is 1.00. The number of amides is 5. The highest BCUT2D eigenvalue weighted by molar-refractivity contribution is 7.09. The van der Waals surface area contributed by atoms with Gasteiger partial charge < -0.3 is 40.0 Å². The van der Waals surface area contributed by atoms with Gasteiger partial charge in [-0.05, 0) is 71.8 Å². The summed E-state index contributed by atoms with van der Waals surface area (Å²) in [6.45, 7) is 10.3. The number of likely N-dealkylation sites (N-methyl/N-ethyl adjacent to an activating group) is 1. The van der Waals surface area contributed by atoms with E-state index in [4.69, 9.17) is 14.2 Å². The molecular formula is C56H74N6O8S. The molecule has 2 fully saturated rings. The fourth-order valence-electron chi connectivity index (χ4n) is 11.3. The summed E-state index contributed by atoms with van der Waals surface area (Å²) in [5.74, 6) is -2.20. The Morgan fingerprint density at radius 2 is 1.51 bits per heavy atom. The van der Waals surface area contributed by atoms with Crippen LogP contribution >= 0.6 is 11.3 Å². The topological polar surface area (TPSA) is 168 Å². The first kappa shape index (κ1) is 53.2. The monoisotopic (exact) mass is 991 g/mol. The van der Waals surface area contributed by atoms with Crippen LogP contribution in [0.4, 0.5) is 4.79 Å². The Labute approximate surface area is 424 Å². The van der Waals surface area contributed by atoms with Gasteiger partial charge in [0.2, 0.25) is 23.6 Å². The van der Waals surface area contributed by atoms with E-state index in [1.807, 2.05) is 99.5 Å². The zero-order valence-electron chi connectivity index (χ0n) is 42.7. The van der Waals surface area contributed by atoms with Crippen molar-refractivity contribution in [1.82, 2.24) is 30.7 Å². The van der Waals surface area contributed by atoms with E-state index in [-0.39, 0.29) is 60.6 Å². The molecule has 8 atom stereocenters. The number of likely N-dealkylation sites (tertiary alicyclic amines) is 1. The minimum Gasteiger partial charge on any atom is -0.449 e. The van der Waals surface area contributed by atoms with Gasteiger partial charge in [0.15, 0.2) is 0 Å². The van der Waals surface area contributed by atoms with Gasteiger partial charge in [-0.2, -0.15) is 0 Å². The number of nitrogens with one attached hydrogen (secondary N) is 3. The molecule has 15 heteroatoms. The molecule has 0 unspecified atom stereocenters. The van der Waals surface area contributed by atoms with E-state index >= 15 is 0 Å². The van der Waals surface area contributed by atoms with Crippen LogP contribution in [-0.2, 0) is 39.8 Å². The molecule has 3 aromatic carbocycles. The Hall–Kier alpha value is -5.64. The molecule has 0 radical (unpaired) electrons. The first-order valence-electron chi connectivity index (χ1n) is 25.5. The van der Waals surface area contributed by atoms with Crippen LogP contribution in [0.15, 0.2) is 90.4 Å². The maximum atomic E-state index is 14.8. The number of methoxy groups -OCH3 is 2. The minimum absolute atomic E-state index is 0.00822. The molecule has 2 aliphatic carbocycles. The molecule has 0 bridgehead atoms. The normalized spacial score (nSPS) is 19.1. The second kappa shape index (κ2) is 24.2. The number of aromatic nitrogens is 1. The number of ether oxygens (including phenoxy) is 3. The van der Waals surface area contributed by atoms with Crippen LogP contribution in [0, 0.1) is 17.8 Å². The molecule has 14 nitrogen and oxygen atoms in total. The number of hydrogen-bond acceptors (Lipinski definition) is 10. The Morgan fingerprint density at radius 1 is 0.859 bits per heavy atom. The van der Waals surface area contributed by atoms with Gasteiger partial charge >= 0.3 is 6.09 Å². The smallest absolute Gasteiger partial charge is 0.408 e. The molecule has 1 aromatic heterocycles. The van der Waals surface area contributed by atoms with E-state index in [0.29, 0.717) is 38.6 Å². The SMILES string of the molecule is CC[C@H](C)[C@@H]([C@@H](CC(=O)N1CCC[C@H]1[C@H](OC)[C@@H](C)C(=O)N[C@@H](Cc1ccccc1)c1nccs1)OC)N(C)C(=O)[C@@H](NC(=O)C1(NC(=O)OCC2c3ccccc3-c3ccccc32)CCCC1)C(C)C. The summed E-state index contributed by atoms with van der Waals surface area (Å²) in [5, 5.41) is 12.0. The Kier molecular flexibility index (Phi) is 18.1. The molecule has 1 saturated heterocycles. The third kappa shape index (κ3) is 12.0. The number of carbonyl (C=O) groups is 5. The Bertz CT molecular complexity index is 2380. The molecule has 382 valence electrons. The van der Waals surface area contributed by atoms with Gasteiger partial charge in [-0.3, -0.25) is 19.2 Å². The number of fused-ring (bicyclic) bond motifs is 3. The number of hydrogen-bond donors (Lipinski definition) is 3. The van der Waals surface area contributed by atoms with Crippen molar-refractivity contribution < 1.29 is 38.2 Å². The highest BCUT2D eigenvalue weighted by Gasteiger charge is 2.47. The van der Waals surface area contributed by atoms with Crippen LogP contribution < -0.4 is 16.0 Å². The number of rotatable bonds is 22. The maximum Gasteiger partial charge on any atom is 0.408 e. The molecule has 2 heterocycles. The van der Waals surface area contributed by atoms with Gasteiger partial charge in [0.1, 0.15) is 23.2 Å². The predicted molar refractivity (Wildman–Crippen MR) is 275 cm³/mol. The molecule has 7 rings (SSSR count). The van der Waals surface area contributed by atoms with E-state index in [2.05, 4.69) is 45.2 Å².